The molecular formula is C5H6N4O3S. The summed E-state index contributed by atoms with van der Waals surface area (Å²) >= 11 is 0. The lowest BCUT2D eigenvalue weighted by Crippen LogP contribution is -2.39. The van der Waals surface area contributed by atoms with Crippen molar-refractivity contribution in [3.05, 3.63) is 6.20 Å². The van der Waals surface area contributed by atoms with Crippen molar-refractivity contribution in [1.82, 2.24) is 14.5 Å². The third-order valence-corrected chi connectivity index (χ3v) is 2.79. The van der Waals surface area contributed by atoms with Gasteiger partial charge in [0.1, 0.15) is 5.69 Å². The first-order valence-electron chi connectivity index (χ1n) is 3.36. The number of hydrogen-bond acceptors (Lipinski definition) is 4. The van der Waals surface area contributed by atoms with E-state index in [2.05, 4.69) is 10.4 Å². The Labute approximate surface area is 73.8 Å². The van der Waals surface area contributed by atoms with Crippen LogP contribution in [0.15, 0.2) is 11.2 Å². The number of hydrogen-bond donors (Lipinski definition) is 2. The number of nitrogens with one attached hydrogen (secondary N) is 2. The Morgan fingerprint density at radius 2 is 2.23 bits per heavy atom. The van der Waals surface area contributed by atoms with Gasteiger partial charge in [-0.2, -0.15) is 13.5 Å². The molecule has 0 unspecified atom stereocenters. The van der Waals surface area contributed by atoms with Gasteiger partial charge in [-0.3, -0.25) is 4.68 Å². The maximum atomic E-state index is 11.2. The number of carbonyl (C=O) groups is 1. The van der Waals surface area contributed by atoms with Crippen LogP contribution in [0.2, 0.25) is 0 Å². The molecule has 13 heavy (non-hydrogen) atoms. The van der Waals surface area contributed by atoms with Gasteiger partial charge in [0.05, 0.1) is 0 Å². The van der Waals surface area contributed by atoms with Gasteiger partial charge in [0.25, 0.3) is 10.0 Å². The molecule has 0 saturated heterocycles. The number of nitrogens with zero attached hydrogens (tertiary/aromatic N) is 2. The van der Waals surface area contributed by atoms with Crippen LogP contribution in [-0.2, 0) is 17.1 Å². The minimum Gasteiger partial charge on any atom is -0.303 e. The van der Waals surface area contributed by atoms with E-state index in [4.69, 9.17) is 0 Å². The van der Waals surface area contributed by atoms with Crippen LogP contribution in [0, 0.1) is 0 Å². The van der Waals surface area contributed by atoms with E-state index in [1.54, 1.807) is 11.8 Å². The molecule has 2 rings (SSSR count). The van der Waals surface area contributed by atoms with Crippen LogP contribution in [0.5, 0.6) is 0 Å². The van der Waals surface area contributed by atoms with Crippen LogP contribution in [0.4, 0.5) is 10.5 Å². The molecule has 1 aromatic rings. The Morgan fingerprint density at radius 1 is 1.54 bits per heavy atom. The molecule has 0 spiro atoms. The van der Waals surface area contributed by atoms with Gasteiger partial charge in [-0.05, 0) is 0 Å². The topological polar surface area (TPSA) is 93.1 Å². The first kappa shape index (κ1) is 8.05. The van der Waals surface area contributed by atoms with Gasteiger partial charge in [-0.1, -0.05) is 0 Å². The van der Waals surface area contributed by atoms with Gasteiger partial charge in [0.2, 0.25) is 5.03 Å². The van der Waals surface area contributed by atoms with Crippen molar-refractivity contribution >= 4 is 21.7 Å². The van der Waals surface area contributed by atoms with Crippen LogP contribution in [0.25, 0.3) is 0 Å². The minimum atomic E-state index is -3.76. The standard InChI is InChI=1S/C5H6N4O3S/c1-9-2-3-4(7-9)13(11,12)8-5(10)6-3/h2H,1H3,(H2,6,8,10). The summed E-state index contributed by atoms with van der Waals surface area (Å²) in [5.74, 6) is 0. The summed E-state index contributed by atoms with van der Waals surface area (Å²) < 4.78 is 25.6. The lowest BCUT2D eigenvalue weighted by atomic mass is 10.6. The molecule has 0 fully saturated rings. The van der Waals surface area contributed by atoms with E-state index < -0.39 is 16.1 Å². The predicted molar refractivity (Wildman–Crippen MR) is 42.5 cm³/mol. The van der Waals surface area contributed by atoms with E-state index in [-0.39, 0.29) is 10.7 Å². The van der Waals surface area contributed by atoms with E-state index in [0.29, 0.717) is 0 Å². The number of carbonyl (C=O) groups excluding carboxylic acids is 1. The molecule has 1 aliphatic rings. The first-order valence-corrected chi connectivity index (χ1v) is 4.85. The second-order valence-corrected chi connectivity index (χ2v) is 4.18. The van der Waals surface area contributed by atoms with Crippen molar-refractivity contribution in [2.75, 3.05) is 5.32 Å². The Balaban J connectivity index is 2.69. The molecule has 0 radical (unpaired) electrons. The number of anilines is 1. The van der Waals surface area contributed by atoms with Crippen LogP contribution < -0.4 is 10.0 Å². The molecule has 7 nitrogen and oxygen atoms in total. The zero-order valence-electron chi connectivity index (χ0n) is 6.60. The fraction of sp³-hybridized carbons (Fsp3) is 0.200. The average Bonchev–Trinajstić information content (AvgIpc) is 2.28. The normalized spacial score (nSPS) is 18.7. The van der Waals surface area contributed by atoms with Crippen molar-refractivity contribution < 1.29 is 13.2 Å². The zero-order chi connectivity index (χ0) is 9.64. The maximum Gasteiger partial charge on any atom is 0.333 e. The molecule has 1 aliphatic heterocycles. The summed E-state index contributed by atoms with van der Waals surface area (Å²) in [6, 6.07) is -0.763. The quantitative estimate of drug-likeness (QED) is 0.578. The number of urea groups is 1. The smallest absolute Gasteiger partial charge is 0.303 e. The highest BCUT2D eigenvalue weighted by Gasteiger charge is 2.30. The number of amides is 2. The van der Waals surface area contributed by atoms with Crippen molar-refractivity contribution in [3.63, 3.8) is 0 Å². The Kier molecular flexibility index (Phi) is 1.38. The Morgan fingerprint density at radius 3 is 2.92 bits per heavy atom. The van der Waals surface area contributed by atoms with E-state index in [0.717, 1.165) is 0 Å². The molecule has 0 bridgehead atoms. The Bertz CT molecular complexity index is 474. The molecule has 1 aromatic heterocycles. The highest BCUT2D eigenvalue weighted by Crippen LogP contribution is 2.21. The lowest BCUT2D eigenvalue weighted by molar-refractivity contribution is 0.256. The monoisotopic (exact) mass is 202 g/mol. The van der Waals surface area contributed by atoms with Crippen molar-refractivity contribution in [1.29, 1.82) is 0 Å². The summed E-state index contributed by atoms with van der Waals surface area (Å²) in [6.45, 7) is 0. The minimum absolute atomic E-state index is 0.158. The second-order valence-electron chi connectivity index (χ2n) is 2.58. The first-order chi connectivity index (χ1) is 5.99. The van der Waals surface area contributed by atoms with Crippen molar-refractivity contribution in [2.24, 2.45) is 7.05 Å². The lowest BCUT2D eigenvalue weighted by Gasteiger charge is -2.12. The van der Waals surface area contributed by atoms with Gasteiger partial charge in [-0.15, -0.1) is 0 Å². The number of rotatable bonds is 0. The highest BCUT2D eigenvalue weighted by molar-refractivity contribution is 7.90. The molecule has 0 aliphatic carbocycles. The van der Waals surface area contributed by atoms with Gasteiger partial charge in [-0.25, -0.2) is 9.52 Å². The van der Waals surface area contributed by atoms with Crippen molar-refractivity contribution in [3.8, 4) is 0 Å². The van der Waals surface area contributed by atoms with E-state index >= 15 is 0 Å². The molecule has 2 N–H and O–H groups in total. The molecule has 0 aromatic carbocycles. The summed E-state index contributed by atoms with van der Waals surface area (Å²) in [7, 11) is -2.19. The molecule has 0 atom stereocenters. The third-order valence-electron chi connectivity index (χ3n) is 1.52. The highest BCUT2D eigenvalue weighted by atomic mass is 32.2. The number of fused-ring (bicyclic) bond motifs is 1. The Hall–Kier alpha value is -1.57. The zero-order valence-corrected chi connectivity index (χ0v) is 7.42. The van der Waals surface area contributed by atoms with Gasteiger partial charge < -0.3 is 5.32 Å². The summed E-state index contributed by atoms with van der Waals surface area (Å²) in [6.07, 6.45) is 1.42. The summed E-state index contributed by atoms with van der Waals surface area (Å²) in [4.78, 5) is 10.8. The van der Waals surface area contributed by atoms with Gasteiger partial charge >= 0.3 is 6.03 Å². The fourth-order valence-electron chi connectivity index (χ4n) is 1.07. The van der Waals surface area contributed by atoms with E-state index in [1.807, 2.05) is 0 Å². The van der Waals surface area contributed by atoms with E-state index in [1.165, 1.54) is 10.9 Å². The maximum absolute atomic E-state index is 11.2. The van der Waals surface area contributed by atoms with Gasteiger partial charge in [0, 0.05) is 13.2 Å². The molecule has 2 amide bonds. The molecule has 0 saturated carbocycles. The number of aromatic nitrogens is 2. The number of sulfonamides is 1. The molecule has 8 heteroatoms. The summed E-state index contributed by atoms with van der Waals surface area (Å²) in [5, 5.41) is 5.86. The predicted octanol–water partition coefficient (Wildman–Crippen LogP) is -0.756. The fourth-order valence-corrected chi connectivity index (χ4v) is 2.09. The van der Waals surface area contributed by atoms with Crippen LogP contribution in [0.3, 0.4) is 0 Å². The van der Waals surface area contributed by atoms with E-state index in [9.17, 15) is 13.2 Å². The molecule has 2 heterocycles. The van der Waals surface area contributed by atoms with Crippen molar-refractivity contribution in [2.45, 2.75) is 5.03 Å². The average molecular weight is 202 g/mol. The molecule has 70 valence electrons. The van der Waals surface area contributed by atoms with Crippen LogP contribution >= 0.6 is 0 Å². The SMILES string of the molecule is Cn1cc2c(n1)S(=O)(=O)NC(=O)N2. The van der Waals surface area contributed by atoms with Crippen LogP contribution in [-0.4, -0.2) is 24.2 Å². The molecular weight excluding hydrogens is 196 g/mol. The third kappa shape index (κ3) is 1.15. The number of aryl methyl sites for hydroxylation is 1. The second kappa shape index (κ2) is 2.22. The largest absolute Gasteiger partial charge is 0.333 e. The summed E-state index contributed by atoms with van der Waals surface area (Å²) in [5.41, 5.74) is 0.200. The van der Waals surface area contributed by atoms with Crippen LogP contribution in [0.1, 0.15) is 0 Å². The van der Waals surface area contributed by atoms with Gasteiger partial charge in [0.15, 0.2) is 0 Å².